The maximum Gasteiger partial charge on any atom is 0.324 e. The number of carbonyl (C=O) groups excluding carboxylic acids is 1. The van der Waals surface area contributed by atoms with E-state index in [0.29, 0.717) is 29.3 Å². The zero-order valence-corrected chi connectivity index (χ0v) is 18.1. The van der Waals surface area contributed by atoms with Crippen molar-refractivity contribution < 1.29 is 22.5 Å². The number of piperidine rings is 1. The molecule has 2 heterocycles. The van der Waals surface area contributed by atoms with Crippen LogP contribution in [0.3, 0.4) is 0 Å². The molecular formula is C21H20ClN3O5S. The van der Waals surface area contributed by atoms with Crippen molar-refractivity contribution in [3.63, 3.8) is 0 Å². The minimum absolute atomic E-state index is 0.117. The van der Waals surface area contributed by atoms with Gasteiger partial charge in [-0.3, -0.25) is 4.79 Å². The molecule has 0 amide bonds. The molecule has 10 heteroatoms. The first-order chi connectivity index (χ1) is 14.9. The average Bonchev–Trinajstić information content (AvgIpc) is 3.27. The van der Waals surface area contributed by atoms with Crippen LogP contribution in [0.25, 0.3) is 11.4 Å². The van der Waals surface area contributed by atoms with Crippen LogP contribution in [0.4, 0.5) is 0 Å². The van der Waals surface area contributed by atoms with Gasteiger partial charge in [-0.1, -0.05) is 35.0 Å². The summed E-state index contributed by atoms with van der Waals surface area (Å²) in [6, 6.07) is 14.1. The Bertz CT molecular complexity index is 1150. The van der Waals surface area contributed by atoms with E-state index in [1.165, 1.54) is 16.4 Å². The Balaban J connectivity index is 1.44. The van der Waals surface area contributed by atoms with Gasteiger partial charge in [0.2, 0.25) is 15.8 Å². The molecule has 1 atom stereocenters. The second-order valence-corrected chi connectivity index (χ2v) is 9.39. The van der Waals surface area contributed by atoms with E-state index in [4.69, 9.17) is 20.9 Å². The highest BCUT2D eigenvalue weighted by molar-refractivity contribution is 7.89. The Hall–Kier alpha value is -2.75. The van der Waals surface area contributed by atoms with Crippen molar-refractivity contribution in [2.75, 3.05) is 6.54 Å². The van der Waals surface area contributed by atoms with Gasteiger partial charge >= 0.3 is 5.97 Å². The number of aromatic nitrogens is 2. The molecule has 162 valence electrons. The van der Waals surface area contributed by atoms with Crippen LogP contribution >= 0.6 is 11.6 Å². The zero-order chi connectivity index (χ0) is 21.8. The van der Waals surface area contributed by atoms with E-state index >= 15 is 0 Å². The van der Waals surface area contributed by atoms with Gasteiger partial charge in [-0.25, -0.2) is 8.42 Å². The molecule has 0 radical (unpaired) electrons. The van der Waals surface area contributed by atoms with Crippen molar-refractivity contribution in [3.05, 3.63) is 65.5 Å². The highest BCUT2D eigenvalue weighted by Crippen LogP contribution is 2.26. The summed E-state index contributed by atoms with van der Waals surface area (Å²) in [6.45, 7) is 0.0212. The largest absolute Gasteiger partial charge is 0.454 e. The van der Waals surface area contributed by atoms with Gasteiger partial charge in [0.25, 0.3) is 5.89 Å². The van der Waals surface area contributed by atoms with Crippen LogP contribution in [0.5, 0.6) is 0 Å². The lowest BCUT2D eigenvalue weighted by Gasteiger charge is -2.32. The number of sulfonamides is 1. The van der Waals surface area contributed by atoms with E-state index in [1.54, 1.807) is 42.5 Å². The van der Waals surface area contributed by atoms with Crippen molar-refractivity contribution >= 4 is 27.6 Å². The van der Waals surface area contributed by atoms with Gasteiger partial charge in [0.05, 0.1) is 4.90 Å². The number of nitrogens with zero attached hydrogens (tertiary/aromatic N) is 3. The van der Waals surface area contributed by atoms with Crippen LogP contribution in [0.1, 0.15) is 25.2 Å². The minimum Gasteiger partial charge on any atom is -0.454 e. The van der Waals surface area contributed by atoms with E-state index in [-0.39, 0.29) is 23.9 Å². The second-order valence-electron chi connectivity index (χ2n) is 7.07. The Kier molecular flexibility index (Phi) is 6.35. The van der Waals surface area contributed by atoms with Crippen LogP contribution in [0, 0.1) is 0 Å². The highest BCUT2D eigenvalue weighted by atomic mass is 35.5. The molecule has 2 aromatic carbocycles. The topological polar surface area (TPSA) is 103 Å². The fraction of sp³-hybridized carbons (Fsp3) is 0.286. The first-order valence-electron chi connectivity index (χ1n) is 9.77. The van der Waals surface area contributed by atoms with Gasteiger partial charge in [-0.05, 0) is 55.7 Å². The van der Waals surface area contributed by atoms with Crippen molar-refractivity contribution in [1.29, 1.82) is 0 Å². The van der Waals surface area contributed by atoms with Crippen LogP contribution in [-0.2, 0) is 26.2 Å². The minimum atomic E-state index is -3.80. The molecule has 3 aromatic rings. The molecule has 0 spiro atoms. The number of halogens is 1. The molecule has 8 nitrogen and oxygen atoms in total. The average molecular weight is 462 g/mol. The first kappa shape index (κ1) is 21.5. The van der Waals surface area contributed by atoms with E-state index in [1.807, 2.05) is 0 Å². The summed E-state index contributed by atoms with van der Waals surface area (Å²) in [7, 11) is -3.80. The normalized spacial score (nSPS) is 17.4. The third-order valence-corrected chi connectivity index (χ3v) is 7.16. The lowest BCUT2D eigenvalue weighted by atomic mass is 10.1. The molecule has 0 N–H and O–H groups in total. The predicted octanol–water partition coefficient (Wildman–Crippen LogP) is 3.68. The van der Waals surface area contributed by atoms with Gasteiger partial charge in [0.15, 0.2) is 6.61 Å². The number of esters is 1. The fourth-order valence-corrected chi connectivity index (χ4v) is 5.21. The molecule has 1 aliphatic heterocycles. The van der Waals surface area contributed by atoms with Crippen molar-refractivity contribution in [3.8, 4) is 11.4 Å². The van der Waals surface area contributed by atoms with E-state index in [2.05, 4.69) is 10.1 Å². The lowest BCUT2D eigenvalue weighted by molar-refractivity contribution is -0.151. The fourth-order valence-electron chi connectivity index (χ4n) is 3.41. The van der Waals surface area contributed by atoms with E-state index in [0.717, 1.165) is 6.42 Å². The molecule has 0 aliphatic carbocycles. The number of hydrogen-bond donors (Lipinski definition) is 0. The molecule has 1 aliphatic rings. The van der Waals surface area contributed by atoms with Gasteiger partial charge in [-0.15, -0.1) is 0 Å². The summed E-state index contributed by atoms with van der Waals surface area (Å²) in [5, 5.41) is 4.46. The van der Waals surface area contributed by atoms with E-state index in [9.17, 15) is 13.2 Å². The Morgan fingerprint density at radius 1 is 1.13 bits per heavy atom. The van der Waals surface area contributed by atoms with Gasteiger partial charge in [0.1, 0.15) is 6.04 Å². The molecule has 1 saturated heterocycles. The monoisotopic (exact) mass is 461 g/mol. The van der Waals surface area contributed by atoms with Crippen molar-refractivity contribution in [2.24, 2.45) is 0 Å². The van der Waals surface area contributed by atoms with Gasteiger partial charge in [-0.2, -0.15) is 9.29 Å². The molecule has 1 aromatic heterocycles. The quantitative estimate of drug-likeness (QED) is 0.516. The number of ether oxygens (including phenoxy) is 1. The summed E-state index contributed by atoms with van der Waals surface area (Å²) in [5.41, 5.74) is 0.707. The molecule has 1 fully saturated rings. The standard InChI is InChI=1S/C21H20ClN3O5S/c22-16-11-9-15(10-12-16)20-23-19(30-24-20)14-29-21(26)18-8-4-5-13-25(18)31(27,28)17-6-2-1-3-7-17/h1-3,6-7,9-12,18H,4-5,8,13-14H2. The lowest BCUT2D eigenvalue weighted by Crippen LogP contribution is -2.48. The zero-order valence-electron chi connectivity index (χ0n) is 16.5. The summed E-state index contributed by atoms with van der Waals surface area (Å²) < 4.78 is 37.8. The second kappa shape index (κ2) is 9.17. The number of hydrogen-bond acceptors (Lipinski definition) is 7. The summed E-state index contributed by atoms with van der Waals surface area (Å²) in [4.78, 5) is 17.1. The third-order valence-electron chi connectivity index (χ3n) is 4.98. The summed E-state index contributed by atoms with van der Waals surface area (Å²) >= 11 is 5.88. The highest BCUT2D eigenvalue weighted by Gasteiger charge is 2.38. The predicted molar refractivity (Wildman–Crippen MR) is 113 cm³/mol. The maximum absolute atomic E-state index is 13.0. The molecule has 4 rings (SSSR count). The Labute approximate surface area is 184 Å². The smallest absolute Gasteiger partial charge is 0.324 e. The number of rotatable bonds is 6. The maximum atomic E-state index is 13.0. The summed E-state index contributed by atoms with van der Waals surface area (Å²) in [6.07, 6.45) is 1.82. The third kappa shape index (κ3) is 4.79. The molecular weight excluding hydrogens is 442 g/mol. The SMILES string of the molecule is O=C(OCc1nc(-c2ccc(Cl)cc2)no1)C1CCCCN1S(=O)(=O)c1ccccc1. The molecule has 0 saturated carbocycles. The Morgan fingerprint density at radius 3 is 2.61 bits per heavy atom. The van der Waals surface area contributed by atoms with Crippen molar-refractivity contribution in [1.82, 2.24) is 14.4 Å². The van der Waals surface area contributed by atoms with Crippen LogP contribution < -0.4 is 0 Å². The van der Waals surface area contributed by atoms with Crippen LogP contribution in [0.2, 0.25) is 5.02 Å². The van der Waals surface area contributed by atoms with Gasteiger partial charge in [0, 0.05) is 17.1 Å². The number of benzene rings is 2. The Morgan fingerprint density at radius 2 is 1.87 bits per heavy atom. The van der Waals surface area contributed by atoms with Crippen LogP contribution in [0.15, 0.2) is 64.0 Å². The summed E-state index contributed by atoms with van der Waals surface area (Å²) in [5.74, 6) is -0.175. The number of carbonyl (C=O) groups is 1. The van der Waals surface area contributed by atoms with Crippen LogP contribution in [-0.4, -0.2) is 41.4 Å². The molecule has 0 bridgehead atoms. The molecule has 1 unspecified atom stereocenters. The first-order valence-corrected chi connectivity index (χ1v) is 11.6. The van der Waals surface area contributed by atoms with Crippen molar-refractivity contribution in [2.45, 2.75) is 36.8 Å². The molecule has 31 heavy (non-hydrogen) atoms. The van der Waals surface area contributed by atoms with E-state index < -0.39 is 22.0 Å². The van der Waals surface area contributed by atoms with Gasteiger partial charge < -0.3 is 9.26 Å².